The number of sulfone groups is 1. The van der Waals surface area contributed by atoms with Crippen molar-refractivity contribution in [1.82, 2.24) is 4.90 Å². The number of carbonyl (C=O) groups is 1. The Kier molecular flexibility index (Phi) is 3.91. The van der Waals surface area contributed by atoms with Crippen LogP contribution in [0.1, 0.15) is 10.4 Å². The molecular formula is C13H18N2O3S. The largest absolute Gasteiger partial charge is 0.368 e. The first-order valence-electron chi connectivity index (χ1n) is 6.14. The number of carbonyl (C=O) groups excluding carboxylic acids is 1. The van der Waals surface area contributed by atoms with Gasteiger partial charge in [-0.2, -0.15) is 0 Å². The van der Waals surface area contributed by atoms with Crippen LogP contribution in [0, 0.1) is 0 Å². The zero-order chi connectivity index (χ0) is 14.0. The standard InChI is InChI=1S/C13H18N2O3S/c1-14-5-7-15(8-6-14)13-9-12(19(2,17)18)4-3-11(13)10-16/h3-4,9-10H,5-8H2,1-2H3. The molecule has 0 atom stereocenters. The molecule has 1 aliphatic heterocycles. The fraction of sp³-hybridized carbons (Fsp3) is 0.462. The van der Waals surface area contributed by atoms with Crippen LogP contribution in [0.4, 0.5) is 5.69 Å². The average molecular weight is 282 g/mol. The molecule has 0 amide bonds. The fourth-order valence-electron chi connectivity index (χ4n) is 2.17. The van der Waals surface area contributed by atoms with Crippen molar-refractivity contribution in [2.24, 2.45) is 0 Å². The Labute approximate surface area is 113 Å². The molecular weight excluding hydrogens is 264 g/mol. The minimum atomic E-state index is -3.25. The molecule has 6 heteroatoms. The molecule has 0 aromatic heterocycles. The lowest BCUT2D eigenvalue weighted by Crippen LogP contribution is -2.44. The molecule has 1 saturated heterocycles. The van der Waals surface area contributed by atoms with E-state index >= 15 is 0 Å². The van der Waals surface area contributed by atoms with E-state index in [1.54, 1.807) is 12.1 Å². The summed E-state index contributed by atoms with van der Waals surface area (Å²) in [4.78, 5) is 15.6. The van der Waals surface area contributed by atoms with Gasteiger partial charge in [0.15, 0.2) is 16.1 Å². The molecule has 0 N–H and O–H groups in total. The van der Waals surface area contributed by atoms with Gasteiger partial charge in [-0.3, -0.25) is 4.79 Å². The average Bonchev–Trinajstić information content (AvgIpc) is 2.38. The van der Waals surface area contributed by atoms with Crippen molar-refractivity contribution < 1.29 is 13.2 Å². The Bertz CT molecular complexity index is 576. The maximum absolute atomic E-state index is 11.6. The first-order chi connectivity index (χ1) is 8.91. The van der Waals surface area contributed by atoms with Crippen LogP contribution in [0.5, 0.6) is 0 Å². The summed E-state index contributed by atoms with van der Waals surface area (Å²) in [5.74, 6) is 0. The summed E-state index contributed by atoms with van der Waals surface area (Å²) in [5, 5.41) is 0. The molecule has 0 radical (unpaired) electrons. The number of benzene rings is 1. The van der Waals surface area contributed by atoms with E-state index in [-0.39, 0.29) is 4.90 Å². The van der Waals surface area contributed by atoms with Gasteiger partial charge in [0.25, 0.3) is 0 Å². The van der Waals surface area contributed by atoms with Crippen LogP contribution in [-0.4, -0.2) is 59.1 Å². The zero-order valence-corrected chi connectivity index (χ0v) is 12.0. The molecule has 19 heavy (non-hydrogen) atoms. The highest BCUT2D eigenvalue weighted by atomic mass is 32.2. The van der Waals surface area contributed by atoms with E-state index in [0.29, 0.717) is 11.3 Å². The van der Waals surface area contributed by atoms with Crippen LogP contribution in [0.2, 0.25) is 0 Å². The normalized spacial score (nSPS) is 17.5. The molecule has 1 aromatic rings. The summed E-state index contributed by atoms with van der Waals surface area (Å²) < 4.78 is 23.2. The van der Waals surface area contributed by atoms with Crippen molar-refractivity contribution in [1.29, 1.82) is 0 Å². The van der Waals surface area contributed by atoms with Gasteiger partial charge in [-0.05, 0) is 25.2 Å². The molecule has 0 bridgehead atoms. The molecule has 1 aliphatic rings. The van der Waals surface area contributed by atoms with Gasteiger partial charge in [0.05, 0.1) is 4.90 Å². The predicted molar refractivity (Wildman–Crippen MR) is 74.6 cm³/mol. The molecule has 1 heterocycles. The predicted octanol–water partition coefficient (Wildman–Crippen LogP) is 0.654. The van der Waals surface area contributed by atoms with Crippen LogP contribution >= 0.6 is 0 Å². The second-order valence-electron chi connectivity index (χ2n) is 4.90. The number of likely N-dealkylation sites (N-methyl/N-ethyl adjacent to an activating group) is 1. The molecule has 0 unspecified atom stereocenters. The Hall–Kier alpha value is -1.40. The van der Waals surface area contributed by atoms with Crippen LogP contribution in [0.15, 0.2) is 23.1 Å². The highest BCUT2D eigenvalue weighted by molar-refractivity contribution is 7.90. The first kappa shape index (κ1) is 14.0. The second-order valence-corrected chi connectivity index (χ2v) is 6.92. The Balaban J connectivity index is 2.39. The van der Waals surface area contributed by atoms with Crippen molar-refractivity contribution in [3.63, 3.8) is 0 Å². The van der Waals surface area contributed by atoms with E-state index in [2.05, 4.69) is 9.80 Å². The van der Waals surface area contributed by atoms with Gasteiger partial charge in [0.2, 0.25) is 0 Å². The minimum absolute atomic E-state index is 0.257. The number of hydrogen-bond donors (Lipinski definition) is 0. The quantitative estimate of drug-likeness (QED) is 0.762. The van der Waals surface area contributed by atoms with Gasteiger partial charge in [-0.15, -0.1) is 0 Å². The lowest BCUT2D eigenvalue weighted by molar-refractivity contribution is 0.112. The number of anilines is 1. The Morgan fingerprint density at radius 2 is 1.79 bits per heavy atom. The van der Waals surface area contributed by atoms with Crippen LogP contribution in [0.3, 0.4) is 0 Å². The van der Waals surface area contributed by atoms with Gasteiger partial charge in [-0.25, -0.2) is 8.42 Å². The molecule has 1 fully saturated rings. The van der Waals surface area contributed by atoms with Crippen molar-refractivity contribution in [3.8, 4) is 0 Å². The number of nitrogens with zero attached hydrogens (tertiary/aromatic N) is 2. The third kappa shape index (κ3) is 3.13. The van der Waals surface area contributed by atoms with Crippen LogP contribution < -0.4 is 4.90 Å². The number of aldehydes is 1. The van der Waals surface area contributed by atoms with E-state index < -0.39 is 9.84 Å². The Morgan fingerprint density at radius 3 is 2.32 bits per heavy atom. The molecule has 2 rings (SSSR count). The lowest BCUT2D eigenvalue weighted by Gasteiger charge is -2.34. The monoisotopic (exact) mass is 282 g/mol. The molecule has 0 saturated carbocycles. The highest BCUT2D eigenvalue weighted by Gasteiger charge is 2.19. The summed E-state index contributed by atoms with van der Waals surface area (Å²) in [6.07, 6.45) is 1.95. The van der Waals surface area contributed by atoms with E-state index in [1.165, 1.54) is 12.3 Å². The third-order valence-electron chi connectivity index (χ3n) is 3.40. The number of piperazine rings is 1. The first-order valence-corrected chi connectivity index (χ1v) is 8.04. The molecule has 0 aliphatic carbocycles. The van der Waals surface area contributed by atoms with Crippen LogP contribution in [-0.2, 0) is 9.84 Å². The van der Waals surface area contributed by atoms with Crippen LogP contribution in [0.25, 0.3) is 0 Å². The Morgan fingerprint density at radius 1 is 1.16 bits per heavy atom. The summed E-state index contributed by atoms with van der Waals surface area (Å²) in [5.41, 5.74) is 1.25. The fourth-order valence-corrected chi connectivity index (χ4v) is 2.82. The smallest absolute Gasteiger partial charge is 0.175 e. The maximum atomic E-state index is 11.6. The van der Waals surface area contributed by atoms with Gasteiger partial charge >= 0.3 is 0 Å². The third-order valence-corrected chi connectivity index (χ3v) is 4.51. The van der Waals surface area contributed by atoms with E-state index in [4.69, 9.17) is 0 Å². The molecule has 1 aromatic carbocycles. The highest BCUT2D eigenvalue weighted by Crippen LogP contribution is 2.24. The lowest BCUT2D eigenvalue weighted by atomic mass is 10.1. The van der Waals surface area contributed by atoms with E-state index in [0.717, 1.165) is 32.5 Å². The van der Waals surface area contributed by atoms with E-state index in [1.807, 2.05) is 7.05 Å². The second kappa shape index (κ2) is 5.30. The summed E-state index contributed by atoms with van der Waals surface area (Å²) in [6.45, 7) is 3.40. The van der Waals surface area contributed by atoms with Gasteiger partial charge in [0, 0.05) is 43.7 Å². The molecule has 0 spiro atoms. The molecule has 104 valence electrons. The number of rotatable bonds is 3. The zero-order valence-electron chi connectivity index (χ0n) is 11.2. The molecule has 5 nitrogen and oxygen atoms in total. The summed E-state index contributed by atoms with van der Waals surface area (Å²) in [6, 6.07) is 4.67. The minimum Gasteiger partial charge on any atom is -0.368 e. The van der Waals surface area contributed by atoms with Crippen molar-refractivity contribution in [2.45, 2.75) is 4.90 Å². The number of hydrogen-bond acceptors (Lipinski definition) is 5. The van der Waals surface area contributed by atoms with Crippen molar-refractivity contribution in [2.75, 3.05) is 44.4 Å². The van der Waals surface area contributed by atoms with Gasteiger partial charge in [0.1, 0.15) is 0 Å². The topological polar surface area (TPSA) is 57.7 Å². The SMILES string of the molecule is CN1CCN(c2cc(S(C)(=O)=O)ccc2C=O)CC1. The maximum Gasteiger partial charge on any atom is 0.175 e. The van der Waals surface area contributed by atoms with E-state index in [9.17, 15) is 13.2 Å². The summed E-state index contributed by atoms with van der Waals surface area (Å²) >= 11 is 0. The van der Waals surface area contributed by atoms with Crippen molar-refractivity contribution >= 4 is 21.8 Å². The van der Waals surface area contributed by atoms with Gasteiger partial charge in [-0.1, -0.05) is 0 Å². The van der Waals surface area contributed by atoms with Gasteiger partial charge < -0.3 is 9.80 Å². The summed E-state index contributed by atoms with van der Waals surface area (Å²) in [7, 11) is -1.21. The van der Waals surface area contributed by atoms with Crippen molar-refractivity contribution in [3.05, 3.63) is 23.8 Å².